The van der Waals surface area contributed by atoms with E-state index in [0.717, 1.165) is 29.7 Å². The fraction of sp³-hybridized carbons (Fsp3) is 0.500. The van der Waals surface area contributed by atoms with E-state index < -0.39 is 0 Å². The van der Waals surface area contributed by atoms with Gasteiger partial charge in [-0.1, -0.05) is 17.7 Å². The normalized spacial score (nSPS) is 19.8. The van der Waals surface area contributed by atoms with Crippen molar-refractivity contribution in [2.24, 2.45) is 0 Å². The van der Waals surface area contributed by atoms with Crippen molar-refractivity contribution in [1.82, 2.24) is 4.90 Å². The first-order chi connectivity index (χ1) is 7.99. The summed E-state index contributed by atoms with van der Waals surface area (Å²) in [5.74, 6) is 0.128. The van der Waals surface area contributed by atoms with Crippen molar-refractivity contribution in [2.75, 3.05) is 13.1 Å². The number of hydrogen-bond acceptors (Lipinski definition) is 1. The number of halogens is 1. The fourth-order valence-electron chi connectivity index (χ4n) is 2.58. The maximum absolute atomic E-state index is 12.4. The average Bonchev–Trinajstić information content (AvgIpc) is 2.63. The number of hydrogen-bond donors (Lipinski definition) is 0. The lowest BCUT2D eigenvalue weighted by atomic mass is 9.99. The lowest BCUT2D eigenvalue weighted by Gasteiger charge is -2.19. The summed E-state index contributed by atoms with van der Waals surface area (Å²) in [4.78, 5) is 14.3. The van der Waals surface area contributed by atoms with Crippen molar-refractivity contribution in [3.05, 3.63) is 34.4 Å². The summed E-state index contributed by atoms with van der Waals surface area (Å²) in [6.45, 7) is 7.51. The number of carbonyl (C=O) groups is 1. The second kappa shape index (κ2) is 4.69. The van der Waals surface area contributed by atoms with Crippen LogP contribution in [0.15, 0.2) is 12.1 Å². The molecule has 1 atom stereocenters. The summed E-state index contributed by atoms with van der Waals surface area (Å²) < 4.78 is 0. The summed E-state index contributed by atoms with van der Waals surface area (Å²) in [5, 5.41) is 0.116. The molecule has 0 bridgehead atoms. The fourth-order valence-corrected chi connectivity index (χ4v) is 2.84. The Bertz CT molecular complexity index is 433. The number of carbonyl (C=O) groups excluding carboxylic acids is 1. The molecule has 2 nitrogen and oxygen atoms in total. The predicted octanol–water partition coefficient (Wildman–Crippen LogP) is 3.07. The molecule has 0 radical (unpaired) electrons. The summed E-state index contributed by atoms with van der Waals surface area (Å²) in [7, 11) is 0. The van der Waals surface area contributed by atoms with Crippen LogP contribution in [-0.2, 0) is 0 Å². The second-order valence-electron chi connectivity index (χ2n) is 4.91. The lowest BCUT2D eigenvalue weighted by Crippen LogP contribution is -2.30. The number of aryl methyl sites for hydroxylation is 3. The van der Waals surface area contributed by atoms with E-state index in [1.54, 1.807) is 0 Å². The van der Waals surface area contributed by atoms with E-state index in [1.807, 2.05) is 18.7 Å². The average molecular weight is 252 g/mol. The molecule has 1 aromatic carbocycles. The van der Waals surface area contributed by atoms with Crippen LogP contribution >= 0.6 is 11.6 Å². The van der Waals surface area contributed by atoms with Gasteiger partial charge in [-0.25, -0.2) is 0 Å². The third-order valence-corrected chi connectivity index (χ3v) is 3.67. The molecule has 1 aromatic rings. The molecule has 0 saturated carbocycles. The van der Waals surface area contributed by atoms with E-state index >= 15 is 0 Å². The van der Waals surface area contributed by atoms with Crippen LogP contribution < -0.4 is 0 Å². The first-order valence-corrected chi connectivity index (χ1v) is 6.44. The van der Waals surface area contributed by atoms with E-state index in [4.69, 9.17) is 11.6 Å². The molecule has 0 aliphatic carbocycles. The van der Waals surface area contributed by atoms with Gasteiger partial charge in [-0.2, -0.15) is 0 Å². The standard InChI is InChI=1S/C14H18ClNO/c1-9-6-10(2)13(11(3)7-9)14(17)16-5-4-12(15)8-16/h6-7,12H,4-5,8H2,1-3H3. The summed E-state index contributed by atoms with van der Waals surface area (Å²) >= 11 is 6.05. The van der Waals surface area contributed by atoms with Crippen molar-refractivity contribution in [1.29, 1.82) is 0 Å². The zero-order valence-electron chi connectivity index (χ0n) is 10.6. The second-order valence-corrected chi connectivity index (χ2v) is 5.53. The zero-order chi connectivity index (χ0) is 12.6. The van der Waals surface area contributed by atoms with Gasteiger partial charge in [0.2, 0.25) is 0 Å². The van der Waals surface area contributed by atoms with Gasteiger partial charge in [0.05, 0.1) is 5.38 Å². The Morgan fingerprint density at radius 1 is 1.29 bits per heavy atom. The summed E-state index contributed by atoms with van der Waals surface area (Å²) in [5.41, 5.74) is 4.17. The van der Waals surface area contributed by atoms with E-state index in [0.29, 0.717) is 6.54 Å². The zero-order valence-corrected chi connectivity index (χ0v) is 11.3. The van der Waals surface area contributed by atoms with Crippen LogP contribution in [0.1, 0.15) is 33.5 Å². The third kappa shape index (κ3) is 2.47. The van der Waals surface area contributed by atoms with Gasteiger partial charge in [0, 0.05) is 18.7 Å². The predicted molar refractivity (Wildman–Crippen MR) is 70.8 cm³/mol. The molecule has 0 N–H and O–H groups in total. The van der Waals surface area contributed by atoms with Crippen molar-refractivity contribution < 1.29 is 4.79 Å². The SMILES string of the molecule is Cc1cc(C)c(C(=O)N2CCC(Cl)C2)c(C)c1. The van der Waals surface area contributed by atoms with Crippen molar-refractivity contribution in [3.63, 3.8) is 0 Å². The van der Waals surface area contributed by atoms with Crippen LogP contribution in [0, 0.1) is 20.8 Å². The summed E-state index contributed by atoms with van der Waals surface area (Å²) in [6.07, 6.45) is 0.900. The highest BCUT2D eigenvalue weighted by molar-refractivity contribution is 6.21. The Kier molecular flexibility index (Phi) is 3.43. The quantitative estimate of drug-likeness (QED) is 0.703. The Balaban J connectivity index is 2.31. The monoisotopic (exact) mass is 251 g/mol. The molecule has 0 spiro atoms. The van der Waals surface area contributed by atoms with Gasteiger partial charge in [-0.3, -0.25) is 4.79 Å². The Morgan fingerprint density at radius 2 is 1.88 bits per heavy atom. The van der Waals surface area contributed by atoms with Gasteiger partial charge in [0.1, 0.15) is 0 Å². The third-order valence-electron chi connectivity index (χ3n) is 3.31. The molecule has 2 rings (SSSR count). The van der Waals surface area contributed by atoms with Gasteiger partial charge >= 0.3 is 0 Å². The van der Waals surface area contributed by atoms with E-state index in [9.17, 15) is 4.79 Å². The highest BCUT2D eigenvalue weighted by atomic mass is 35.5. The van der Waals surface area contributed by atoms with Gasteiger partial charge in [-0.05, 0) is 38.3 Å². The maximum atomic E-state index is 12.4. The number of likely N-dealkylation sites (tertiary alicyclic amines) is 1. The van der Waals surface area contributed by atoms with E-state index in [2.05, 4.69) is 19.1 Å². The topological polar surface area (TPSA) is 20.3 Å². The largest absolute Gasteiger partial charge is 0.337 e. The Morgan fingerprint density at radius 3 is 2.35 bits per heavy atom. The molecular formula is C14H18ClNO. The molecule has 1 saturated heterocycles. The number of amides is 1. The van der Waals surface area contributed by atoms with Crippen molar-refractivity contribution in [3.8, 4) is 0 Å². The minimum atomic E-state index is 0.116. The van der Waals surface area contributed by atoms with E-state index in [1.165, 1.54) is 5.56 Å². The van der Waals surface area contributed by atoms with Gasteiger partial charge in [-0.15, -0.1) is 11.6 Å². The number of nitrogens with zero attached hydrogens (tertiary/aromatic N) is 1. The smallest absolute Gasteiger partial charge is 0.254 e. The van der Waals surface area contributed by atoms with Crippen molar-refractivity contribution in [2.45, 2.75) is 32.6 Å². The first kappa shape index (κ1) is 12.4. The number of alkyl halides is 1. The van der Waals surface area contributed by atoms with Crippen LogP contribution in [0.2, 0.25) is 0 Å². The molecule has 1 unspecified atom stereocenters. The molecule has 1 fully saturated rings. The number of rotatable bonds is 1. The molecular weight excluding hydrogens is 234 g/mol. The van der Waals surface area contributed by atoms with Crippen molar-refractivity contribution >= 4 is 17.5 Å². The molecule has 0 aromatic heterocycles. The van der Waals surface area contributed by atoms with Gasteiger partial charge in [0.25, 0.3) is 5.91 Å². The highest BCUT2D eigenvalue weighted by Crippen LogP contribution is 2.22. The van der Waals surface area contributed by atoms with Gasteiger partial charge in [0.15, 0.2) is 0 Å². The van der Waals surface area contributed by atoms with Crippen LogP contribution in [0.25, 0.3) is 0 Å². The Hall–Kier alpha value is -1.02. The van der Waals surface area contributed by atoms with Crippen LogP contribution in [0.3, 0.4) is 0 Å². The molecule has 1 aliphatic rings. The molecule has 3 heteroatoms. The number of benzene rings is 1. The molecule has 1 amide bonds. The highest BCUT2D eigenvalue weighted by Gasteiger charge is 2.27. The van der Waals surface area contributed by atoms with Crippen LogP contribution in [0.4, 0.5) is 0 Å². The minimum Gasteiger partial charge on any atom is -0.337 e. The van der Waals surface area contributed by atoms with Crippen LogP contribution in [-0.4, -0.2) is 29.3 Å². The molecule has 17 heavy (non-hydrogen) atoms. The lowest BCUT2D eigenvalue weighted by molar-refractivity contribution is 0.0791. The van der Waals surface area contributed by atoms with E-state index in [-0.39, 0.29) is 11.3 Å². The molecule has 1 aliphatic heterocycles. The maximum Gasteiger partial charge on any atom is 0.254 e. The van der Waals surface area contributed by atoms with Gasteiger partial charge < -0.3 is 4.90 Å². The Labute approximate surface area is 108 Å². The first-order valence-electron chi connectivity index (χ1n) is 6.00. The molecule has 1 heterocycles. The molecule has 92 valence electrons. The van der Waals surface area contributed by atoms with Crippen LogP contribution in [0.5, 0.6) is 0 Å². The minimum absolute atomic E-state index is 0.116. The summed E-state index contributed by atoms with van der Waals surface area (Å²) in [6, 6.07) is 4.13.